The van der Waals surface area contributed by atoms with Gasteiger partial charge in [0.2, 0.25) is 6.10 Å². The van der Waals surface area contributed by atoms with Crippen molar-refractivity contribution < 1.29 is 14.3 Å². The molecule has 0 bridgehead atoms. The molecule has 80 valence electrons. The number of hydrogen-bond acceptors (Lipinski definition) is 3. The molecule has 0 radical (unpaired) electrons. The van der Waals surface area contributed by atoms with E-state index in [1.165, 1.54) is 0 Å². The summed E-state index contributed by atoms with van der Waals surface area (Å²) in [5.41, 5.74) is 0. The summed E-state index contributed by atoms with van der Waals surface area (Å²) in [6, 6.07) is 0. The van der Waals surface area contributed by atoms with Crippen molar-refractivity contribution in [1.29, 1.82) is 0 Å². The molecule has 0 aliphatic rings. The third kappa shape index (κ3) is 5.60. The van der Waals surface area contributed by atoms with Gasteiger partial charge < -0.3 is 9.47 Å². The van der Waals surface area contributed by atoms with E-state index in [9.17, 15) is 4.79 Å². The van der Waals surface area contributed by atoms with Gasteiger partial charge in [-0.25, -0.2) is 4.79 Å². The molecule has 0 spiro atoms. The Labute approximate surface area is 85.8 Å². The van der Waals surface area contributed by atoms with Crippen LogP contribution in [0.3, 0.4) is 0 Å². The van der Waals surface area contributed by atoms with Crippen molar-refractivity contribution in [1.82, 2.24) is 0 Å². The van der Waals surface area contributed by atoms with Crippen LogP contribution in [0.2, 0.25) is 0 Å². The molecule has 14 heavy (non-hydrogen) atoms. The highest BCUT2D eigenvalue weighted by Gasteiger charge is 2.17. The van der Waals surface area contributed by atoms with Crippen molar-refractivity contribution in [3.63, 3.8) is 0 Å². The highest BCUT2D eigenvalue weighted by molar-refractivity contribution is 5.78. The quantitative estimate of drug-likeness (QED) is 0.482. The smallest absolute Gasteiger partial charge is 0.347 e. The van der Waals surface area contributed by atoms with Gasteiger partial charge >= 0.3 is 5.97 Å². The van der Waals surface area contributed by atoms with Crippen LogP contribution in [0.4, 0.5) is 0 Å². The number of carbonyl (C=O) groups excluding carboxylic acids is 1. The van der Waals surface area contributed by atoms with Gasteiger partial charge in [0.15, 0.2) is 0 Å². The molecule has 3 nitrogen and oxygen atoms in total. The number of carbonyl (C=O) groups is 1. The number of esters is 1. The second kappa shape index (κ2) is 8.58. The molecule has 0 N–H and O–H groups in total. The van der Waals surface area contributed by atoms with E-state index >= 15 is 0 Å². The lowest BCUT2D eigenvalue weighted by Gasteiger charge is -2.10. The molecular weight excluding hydrogens is 180 g/mol. The molecule has 0 aliphatic carbocycles. The Balaban J connectivity index is 4.02. The van der Waals surface area contributed by atoms with Gasteiger partial charge in [-0.15, -0.1) is 5.92 Å². The Morgan fingerprint density at radius 1 is 1.29 bits per heavy atom. The van der Waals surface area contributed by atoms with Crippen molar-refractivity contribution >= 4 is 5.97 Å². The van der Waals surface area contributed by atoms with Gasteiger partial charge in [0.1, 0.15) is 0 Å². The van der Waals surface area contributed by atoms with Crippen LogP contribution in [-0.2, 0) is 14.3 Å². The van der Waals surface area contributed by atoms with Crippen LogP contribution >= 0.6 is 0 Å². The van der Waals surface area contributed by atoms with Gasteiger partial charge in [0.05, 0.1) is 6.61 Å². The second-order valence-electron chi connectivity index (χ2n) is 2.81. The van der Waals surface area contributed by atoms with Crippen LogP contribution in [-0.4, -0.2) is 25.3 Å². The summed E-state index contributed by atoms with van der Waals surface area (Å²) in [6.07, 6.45) is 0.959. The van der Waals surface area contributed by atoms with Crippen LogP contribution in [0.1, 0.15) is 33.6 Å². The van der Waals surface area contributed by atoms with Crippen molar-refractivity contribution in [2.45, 2.75) is 39.7 Å². The highest BCUT2D eigenvalue weighted by Crippen LogP contribution is 1.97. The van der Waals surface area contributed by atoms with E-state index in [-0.39, 0.29) is 5.97 Å². The normalized spacial score (nSPS) is 11.4. The van der Waals surface area contributed by atoms with Gasteiger partial charge in [-0.3, -0.25) is 0 Å². The summed E-state index contributed by atoms with van der Waals surface area (Å²) < 4.78 is 10.2. The van der Waals surface area contributed by atoms with Gasteiger partial charge in [0.25, 0.3) is 0 Å². The highest BCUT2D eigenvalue weighted by atomic mass is 16.6. The molecule has 0 saturated carbocycles. The lowest BCUT2D eigenvalue weighted by atomic mass is 10.3. The van der Waals surface area contributed by atoms with Crippen LogP contribution in [0.5, 0.6) is 0 Å². The predicted octanol–water partition coefficient (Wildman–Crippen LogP) is 1.76. The minimum Gasteiger partial charge on any atom is -0.463 e. The fourth-order valence-electron chi connectivity index (χ4n) is 0.814. The summed E-state index contributed by atoms with van der Waals surface area (Å²) in [7, 11) is 0. The molecule has 0 aromatic rings. The van der Waals surface area contributed by atoms with Crippen molar-refractivity contribution in [3.8, 4) is 11.8 Å². The Bertz CT molecular complexity index is 212. The molecule has 0 saturated heterocycles. The molecule has 0 aromatic carbocycles. The third-order valence-electron chi connectivity index (χ3n) is 1.43. The van der Waals surface area contributed by atoms with Crippen molar-refractivity contribution in [3.05, 3.63) is 0 Å². The minimum atomic E-state index is -0.716. The molecular formula is C11H18O3. The molecule has 0 fully saturated rings. The van der Waals surface area contributed by atoms with Gasteiger partial charge in [0, 0.05) is 6.61 Å². The summed E-state index contributed by atoms with van der Waals surface area (Å²) in [5.74, 6) is 4.96. The maximum atomic E-state index is 11.3. The van der Waals surface area contributed by atoms with Crippen LogP contribution < -0.4 is 0 Å². The zero-order valence-corrected chi connectivity index (χ0v) is 9.13. The van der Waals surface area contributed by atoms with Gasteiger partial charge in [-0.1, -0.05) is 19.8 Å². The summed E-state index contributed by atoms with van der Waals surface area (Å²) in [5, 5.41) is 0. The van der Waals surface area contributed by atoms with Gasteiger partial charge in [-0.2, -0.15) is 0 Å². The first-order valence-corrected chi connectivity index (χ1v) is 4.96. The van der Waals surface area contributed by atoms with Crippen molar-refractivity contribution in [2.75, 3.05) is 13.2 Å². The van der Waals surface area contributed by atoms with E-state index in [4.69, 9.17) is 9.47 Å². The first-order valence-electron chi connectivity index (χ1n) is 4.96. The van der Waals surface area contributed by atoms with Crippen LogP contribution in [0.25, 0.3) is 0 Å². The lowest BCUT2D eigenvalue weighted by molar-refractivity contribution is -0.153. The zero-order valence-electron chi connectivity index (χ0n) is 9.13. The molecule has 1 atom stereocenters. The first-order chi connectivity index (χ1) is 6.76. The third-order valence-corrected chi connectivity index (χ3v) is 1.43. The lowest BCUT2D eigenvalue weighted by Crippen LogP contribution is -2.25. The average molecular weight is 198 g/mol. The summed E-state index contributed by atoms with van der Waals surface area (Å²) in [4.78, 5) is 11.3. The summed E-state index contributed by atoms with van der Waals surface area (Å²) >= 11 is 0. The SMILES string of the molecule is CC#CC(OCCC)C(=O)OCCC. The monoisotopic (exact) mass is 198 g/mol. The molecule has 0 heterocycles. The fourth-order valence-corrected chi connectivity index (χ4v) is 0.814. The summed E-state index contributed by atoms with van der Waals surface area (Å²) in [6.45, 7) is 6.56. The Morgan fingerprint density at radius 2 is 1.93 bits per heavy atom. The Kier molecular flexibility index (Phi) is 7.96. The largest absolute Gasteiger partial charge is 0.463 e. The number of hydrogen-bond donors (Lipinski definition) is 0. The number of ether oxygens (including phenoxy) is 2. The Morgan fingerprint density at radius 3 is 2.43 bits per heavy atom. The van der Waals surface area contributed by atoms with Crippen LogP contribution in [0.15, 0.2) is 0 Å². The molecule has 0 aromatic heterocycles. The van der Waals surface area contributed by atoms with E-state index in [2.05, 4.69) is 11.8 Å². The van der Waals surface area contributed by atoms with Gasteiger partial charge in [-0.05, 0) is 19.8 Å². The van der Waals surface area contributed by atoms with E-state index < -0.39 is 6.10 Å². The molecule has 0 amide bonds. The molecule has 0 rings (SSSR count). The molecule has 3 heteroatoms. The van der Waals surface area contributed by atoms with E-state index in [0.29, 0.717) is 13.2 Å². The second-order valence-corrected chi connectivity index (χ2v) is 2.81. The average Bonchev–Trinajstić information content (AvgIpc) is 2.20. The van der Waals surface area contributed by atoms with E-state index in [1.807, 2.05) is 13.8 Å². The maximum absolute atomic E-state index is 11.3. The van der Waals surface area contributed by atoms with Crippen LogP contribution in [0, 0.1) is 11.8 Å². The topological polar surface area (TPSA) is 35.5 Å². The fraction of sp³-hybridized carbons (Fsp3) is 0.727. The van der Waals surface area contributed by atoms with E-state index in [1.54, 1.807) is 6.92 Å². The minimum absolute atomic E-state index is 0.380. The predicted molar refractivity (Wildman–Crippen MR) is 54.7 cm³/mol. The van der Waals surface area contributed by atoms with E-state index in [0.717, 1.165) is 12.8 Å². The maximum Gasteiger partial charge on any atom is 0.347 e. The van der Waals surface area contributed by atoms with Crippen molar-refractivity contribution in [2.24, 2.45) is 0 Å². The number of rotatable bonds is 6. The molecule has 0 aliphatic heterocycles. The Hall–Kier alpha value is -1.01. The standard InChI is InChI=1S/C11H18O3/c1-4-7-10(13-8-5-2)11(12)14-9-6-3/h10H,5-6,8-9H2,1-3H3. The zero-order chi connectivity index (χ0) is 10.8. The molecule has 1 unspecified atom stereocenters. The first kappa shape index (κ1) is 13.0.